The Hall–Kier alpha value is -1.74. The van der Waals surface area contributed by atoms with Crippen molar-refractivity contribution in [2.45, 2.75) is 26.7 Å². The number of nitrogens with zero attached hydrogens (tertiary/aromatic N) is 1. The summed E-state index contributed by atoms with van der Waals surface area (Å²) in [5.41, 5.74) is 6.49. The first-order chi connectivity index (χ1) is 8.65. The van der Waals surface area contributed by atoms with Crippen molar-refractivity contribution in [3.05, 3.63) is 10.4 Å². The number of amides is 1. The number of rotatable bonds is 6. The van der Waals surface area contributed by atoms with E-state index in [4.69, 9.17) is 11.0 Å². The normalized spacial score (nSPS) is 9.83. The highest BCUT2D eigenvalue weighted by Gasteiger charge is 2.20. The molecule has 6 heteroatoms. The second-order valence-corrected chi connectivity index (χ2v) is 4.86. The van der Waals surface area contributed by atoms with Gasteiger partial charge in [-0.2, -0.15) is 5.26 Å². The van der Waals surface area contributed by atoms with Crippen LogP contribution in [0.5, 0.6) is 0 Å². The molecule has 5 nitrogen and oxygen atoms in total. The summed E-state index contributed by atoms with van der Waals surface area (Å²) in [6.45, 7) is 5.37. The average molecular weight is 266 g/mol. The first kappa shape index (κ1) is 14.3. The van der Waals surface area contributed by atoms with Gasteiger partial charge in [-0.1, -0.05) is 13.8 Å². The standard InChI is InChI=1S/C12H18N4OS/c1-3-5-15-11(17)10-9(14)8(7-13)12(18-10)16-6-4-2/h16H,3-6,14H2,1-2H3,(H,15,17). The second kappa shape index (κ2) is 6.87. The summed E-state index contributed by atoms with van der Waals surface area (Å²) >= 11 is 1.24. The number of anilines is 2. The quantitative estimate of drug-likeness (QED) is 0.736. The summed E-state index contributed by atoms with van der Waals surface area (Å²) in [6, 6.07) is 2.05. The van der Waals surface area contributed by atoms with Gasteiger partial charge in [0.25, 0.3) is 5.91 Å². The summed E-state index contributed by atoms with van der Waals surface area (Å²) in [7, 11) is 0. The Kier molecular flexibility index (Phi) is 5.46. The van der Waals surface area contributed by atoms with E-state index in [1.165, 1.54) is 11.3 Å². The van der Waals surface area contributed by atoms with E-state index in [9.17, 15) is 4.79 Å². The van der Waals surface area contributed by atoms with E-state index in [-0.39, 0.29) is 11.6 Å². The van der Waals surface area contributed by atoms with Crippen molar-refractivity contribution < 1.29 is 4.79 Å². The van der Waals surface area contributed by atoms with Crippen molar-refractivity contribution in [1.82, 2.24) is 5.32 Å². The summed E-state index contributed by atoms with van der Waals surface area (Å²) in [5.74, 6) is -0.208. The minimum Gasteiger partial charge on any atom is -0.396 e. The third-order valence-electron chi connectivity index (χ3n) is 2.33. The largest absolute Gasteiger partial charge is 0.396 e. The molecule has 18 heavy (non-hydrogen) atoms. The van der Waals surface area contributed by atoms with Crippen molar-refractivity contribution >= 4 is 27.9 Å². The fourth-order valence-corrected chi connectivity index (χ4v) is 2.42. The molecule has 0 radical (unpaired) electrons. The molecular formula is C12H18N4OS. The molecule has 0 aliphatic heterocycles. The molecule has 4 N–H and O–H groups in total. The zero-order valence-electron chi connectivity index (χ0n) is 10.7. The number of nitrogen functional groups attached to an aromatic ring is 1. The van der Waals surface area contributed by atoms with Gasteiger partial charge >= 0.3 is 0 Å². The molecule has 1 rings (SSSR count). The van der Waals surface area contributed by atoms with Gasteiger partial charge in [0.2, 0.25) is 0 Å². The van der Waals surface area contributed by atoms with Crippen molar-refractivity contribution in [1.29, 1.82) is 5.26 Å². The first-order valence-electron chi connectivity index (χ1n) is 6.00. The van der Waals surface area contributed by atoms with E-state index < -0.39 is 0 Å². The molecule has 0 unspecified atom stereocenters. The van der Waals surface area contributed by atoms with Crippen LogP contribution in [-0.2, 0) is 0 Å². The zero-order chi connectivity index (χ0) is 13.5. The van der Waals surface area contributed by atoms with Crippen LogP contribution in [0.25, 0.3) is 0 Å². The molecule has 0 bridgehead atoms. The van der Waals surface area contributed by atoms with Gasteiger partial charge in [-0.05, 0) is 12.8 Å². The Morgan fingerprint density at radius 2 is 2.06 bits per heavy atom. The minimum absolute atomic E-state index is 0.208. The molecule has 0 fully saturated rings. The molecule has 1 aromatic heterocycles. The summed E-state index contributed by atoms with van der Waals surface area (Å²) in [5, 5.41) is 15.6. The van der Waals surface area contributed by atoms with Crippen LogP contribution in [0.2, 0.25) is 0 Å². The van der Waals surface area contributed by atoms with Crippen LogP contribution < -0.4 is 16.4 Å². The van der Waals surface area contributed by atoms with Crippen LogP contribution in [0, 0.1) is 11.3 Å². The lowest BCUT2D eigenvalue weighted by atomic mass is 10.2. The maximum atomic E-state index is 11.9. The Morgan fingerprint density at radius 3 is 2.61 bits per heavy atom. The molecule has 1 amide bonds. The number of thiophene rings is 1. The zero-order valence-corrected chi connectivity index (χ0v) is 11.5. The molecule has 1 aromatic rings. The van der Waals surface area contributed by atoms with Crippen LogP contribution in [0.3, 0.4) is 0 Å². The monoisotopic (exact) mass is 266 g/mol. The van der Waals surface area contributed by atoms with Gasteiger partial charge in [-0.25, -0.2) is 0 Å². The Morgan fingerprint density at radius 1 is 1.39 bits per heavy atom. The maximum Gasteiger partial charge on any atom is 0.263 e. The van der Waals surface area contributed by atoms with E-state index >= 15 is 0 Å². The van der Waals surface area contributed by atoms with Crippen LogP contribution in [0.1, 0.15) is 41.9 Å². The van der Waals surface area contributed by atoms with Gasteiger partial charge in [0, 0.05) is 13.1 Å². The SMILES string of the molecule is CCCNC(=O)c1sc(NCCC)c(C#N)c1N. The fourth-order valence-electron chi connectivity index (χ4n) is 1.41. The van der Waals surface area contributed by atoms with Crippen molar-refractivity contribution in [3.8, 4) is 6.07 Å². The van der Waals surface area contributed by atoms with Gasteiger partial charge in [-0.15, -0.1) is 11.3 Å². The smallest absolute Gasteiger partial charge is 0.263 e. The number of nitrogens with one attached hydrogen (secondary N) is 2. The minimum atomic E-state index is -0.208. The molecule has 0 aliphatic rings. The maximum absolute atomic E-state index is 11.9. The number of carbonyl (C=O) groups excluding carboxylic acids is 1. The number of hydrogen-bond acceptors (Lipinski definition) is 5. The molecule has 0 atom stereocenters. The number of hydrogen-bond donors (Lipinski definition) is 3. The van der Waals surface area contributed by atoms with Crippen molar-refractivity contribution in [2.24, 2.45) is 0 Å². The van der Waals surface area contributed by atoms with Crippen LogP contribution in [-0.4, -0.2) is 19.0 Å². The first-order valence-corrected chi connectivity index (χ1v) is 6.81. The van der Waals surface area contributed by atoms with Crippen LogP contribution >= 0.6 is 11.3 Å². The van der Waals surface area contributed by atoms with E-state index in [2.05, 4.69) is 10.6 Å². The third kappa shape index (κ3) is 3.14. The van der Waals surface area contributed by atoms with Gasteiger partial charge in [0.15, 0.2) is 0 Å². The lowest BCUT2D eigenvalue weighted by molar-refractivity contribution is 0.0958. The molecular weight excluding hydrogens is 248 g/mol. The number of nitriles is 1. The molecule has 0 saturated carbocycles. The van der Waals surface area contributed by atoms with Crippen molar-refractivity contribution in [2.75, 3.05) is 24.1 Å². The Balaban J connectivity index is 2.96. The number of carbonyl (C=O) groups is 1. The van der Waals surface area contributed by atoms with Gasteiger partial charge in [0.1, 0.15) is 21.5 Å². The molecule has 0 spiro atoms. The molecule has 0 saturated heterocycles. The molecule has 98 valence electrons. The van der Waals surface area contributed by atoms with Crippen molar-refractivity contribution in [3.63, 3.8) is 0 Å². The van der Waals surface area contributed by atoms with Gasteiger partial charge in [0.05, 0.1) is 5.69 Å². The fraction of sp³-hybridized carbons (Fsp3) is 0.500. The molecule has 1 heterocycles. The molecule has 0 aliphatic carbocycles. The predicted molar refractivity (Wildman–Crippen MR) is 74.9 cm³/mol. The Bertz CT molecular complexity index is 461. The third-order valence-corrected chi connectivity index (χ3v) is 3.50. The second-order valence-electron chi connectivity index (χ2n) is 3.84. The van der Waals surface area contributed by atoms with Gasteiger partial charge < -0.3 is 16.4 Å². The highest BCUT2D eigenvalue weighted by Crippen LogP contribution is 2.34. The average Bonchev–Trinajstić information content (AvgIpc) is 2.69. The summed E-state index contributed by atoms with van der Waals surface area (Å²) in [6.07, 6.45) is 1.81. The van der Waals surface area contributed by atoms with E-state index in [0.29, 0.717) is 22.0 Å². The van der Waals surface area contributed by atoms with E-state index in [1.807, 2.05) is 19.9 Å². The summed E-state index contributed by atoms with van der Waals surface area (Å²) < 4.78 is 0. The lowest BCUT2D eigenvalue weighted by Crippen LogP contribution is -2.23. The molecule has 0 aromatic carbocycles. The van der Waals surface area contributed by atoms with Crippen LogP contribution in [0.4, 0.5) is 10.7 Å². The van der Waals surface area contributed by atoms with Crippen LogP contribution in [0.15, 0.2) is 0 Å². The lowest BCUT2D eigenvalue weighted by Gasteiger charge is -2.01. The summed E-state index contributed by atoms with van der Waals surface area (Å²) in [4.78, 5) is 12.3. The highest BCUT2D eigenvalue weighted by atomic mass is 32.1. The van der Waals surface area contributed by atoms with E-state index in [0.717, 1.165) is 19.4 Å². The number of nitrogens with two attached hydrogens (primary N) is 1. The highest BCUT2D eigenvalue weighted by molar-refractivity contribution is 7.18. The predicted octanol–water partition coefficient (Wildman–Crippen LogP) is 2.16. The van der Waals surface area contributed by atoms with Gasteiger partial charge in [-0.3, -0.25) is 4.79 Å². The Labute approximate surface area is 111 Å². The topological polar surface area (TPSA) is 90.9 Å². The van der Waals surface area contributed by atoms with E-state index in [1.54, 1.807) is 0 Å².